The summed E-state index contributed by atoms with van der Waals surface area (Å²) in [4.78, 5) is 23.5. The maximum atomic E-state index is 11.7. The summed E-state index contributed by atoms with van der Waals surface area (Å²) in [6.45, 7) is 6.79. The molecule has 0 radical (unpaired) electrons. The van der Waals surface area contributed by atoms with E-state index in [9.17, 15) is 9.59 Å². The molecule has 1 saturated carbocycles. The smallest absolute Gasteiger partial charge is 0.222 e. The lowest BCUT2D eigenvalue weighted by atomic mass is 9.75. The predicted molar refractivity (Wildman–Crippen MR) is 84.7 cm³/mol. The van der Waals surface area contributed by atoms with Crippen LogP contribution in [0.3, 0.4) is 0 Å². The zero-order chi connectivity index (χ0) is 16.4. The summed E-state index contributed by atoms with van der Waals surface area (Å²) in [6, 6.07) is 0.157. The van der Waals surface area contributed by atoms with Crippen molar-refractivity contribution in [3.05, 3.63) is 0 Å². The van der Waals surface area contributed by atoms with Crippen molar-refractivity contribution in [1.29, 1.82) is 0 Å². The highest BCUT2D eigenvalue weighted by molar-refractivity contribution is 5.84. The Hall–Kier alpha value is -0.980. The average Bonchev–Trinajstić information content (AvgIpc) is 2.44. The number of amides is 1. The third-order valence-electron chi connectivity index (χ3n) is 3.82. The molecule has 22 heavy (non-hydrogen) atoms. The predicted octanol–water partition coefficient (Wildman–Crippen LogP) is 0.749. The largest absolute Gasteiger partial charge is 0.379 e. The topological polar surface area (TPSA) is 76.7 Å². The molecule has 2 N–H and O–H groups in total. The van der Waals surface area contributed by atoms with E-state index in [2.05, 4.69) is 10.6 Å². The molecule has 0 aliphatic heterocycles. The maximum absolute atomic E-state index is 11.7. The summed E-state index contributed by atoms with van der Waals surface area (Å²) in [5, 5.41) is 5.94. The molecule has 0 spiro atoms. The second-order valence-corrected chi connectivity index (χ2v) is 6.07. The van der Waals surface area contributed by atoms with E-state index in [1.165, 1.54) is 0 Å². The number of hydrogen-bond donors (Lipinski definition) is 2. The fraction of sp³-hybridized carbons (Fsp3) is 0.875. The summed E-state index contributed by atoms with van der Waals surface area (Å²) in [5.41, 5.74) is 0. The van der Waals surface area contributed by atoms with Crippen molar-refractivity contribution in [2.24, 2.45) is 11.8 Å². The summed E-state index contributed by atoms with van der Waals surface area (Å²) < 4.78 is 10.7. The highest BCUT2D eigenvalue weighted by Crippen LogP contribution is 2.30. The SMILES string of the molecule is CNCCOCCOCCC(=O)NC1CC(C(=O)C(C)C)C1. The van der Waals surface area contributed by atoms with Crippen LogP contribution in [0.5, 0.6) is 0 Å². The molecule has 0 heterocycles. The van der Waals surface area contributed by atoms with E-state index in [1.807, 2.05) is 20.9 Å². The Balaban J connectivity index is 1.94. The number of carbonyl (C=O) groups is 2. The molecule has 128 valence electrons. The molecule has 6 nitrogen and oxygen atoms in total. The lowest BCUT2D eigenvalue weighted by Gasteiger charge is -2.35. The first-order chi connectivity index (χ1) is 10.5. The molecule has 0 atom stereocenters. The number of carbonyl (C=O) groups excluding carboxylic acids is 2. The Morgan fingerprint density at radius 1 is 1.09 bits per heavy atom. The first kappa shape index (κ1) is 19.1. The first-order valence-corrected chi connectivity index (χ1v) is 8.17. The number of hydrogen-bond acceptors (Lipinski definition) is 5. The molecule has 1 aliphatic carbocycles. The average molecular weight is 314 g/mol. The second kappa shape index (κ2) is 10.7. The van der Waals surface area contributed by atoms with Crippen LogP contribution in [0.4, 0.5) is 0 Å². The van der Waals surface area contributed by atoms with E-state index in [0.29, 0.717) is 38.6 Å². The summed E-state index contributed by atoms with van der Waals surface area (Å²) in [6.07, 6.45) is 1.92. The van der Waals surface area contributed by atoms with Crippen molar-refractivity contribution < 1.29 is 19.1 Å². The van der Waals surface area contributed by atoms with Crippen molar-refractivity contribution in [3.8, 4) is 0 Å². The van der Waals surface area contributed by atoms with Crippen LogP contribution >= 0.6 is 0 Å². The van der Waals surface area contributed by atoms with E-state index in [-0.39, 0.29) is 23.8 Å². The molecule has 0 bridgehead atoms. The Bertz CT molecular complexity index is 341. The van der Waals surface area contributed by atoms with E-state index < -0.39 is 0 Å². The molecule has 1 aliphatic rings. The van der Waals surface area contributed by atoms with Crippen LogP contribution in [-0.4, -0.2) is 57.8 Å². The summed E-state index contributed by atoms with van der Waals surface area (Å²) >= 11 is 0. The number of likely N-dealkylation sites (N-methyl/N-ethyl adjacent to an activating group) is 1. The van der Waals surface area contributed by atoms with Crippen LogP contribution in [0.1, 0.15) is 33.1 Å². The van der Waals surface area contributed by atoms with Gasteiger partial charge in [0, 0.05) is 30.8 Å². The molecule has 6 heteroatoms. The zero-order valence-electron chi connectivity index (χ0n) is 14.0. The number of rotatable bonds is 12. The Kier molecular flexibility index (Phi) is 9.27. The number of ketones is 1. The zero-order valence-corrected chi connectivity index (χ0v) is 14.0. The molecule has 0 aromatic heterocycles. The number of Topliss-reactive ketones (excluding diaryl/α,β-unsaturated/α-hetero) is 1. The molecule has 1 rings (SSSR count). The minimum absolute atomic E-state index is 0.00320. The Morgan fingerprint density at radius 3 is 2.32 bits per heavy atom. The van der Waals surface area contributed by atoms with Crippen molar-refractivity contribution in [1.82, 2.24) is 10.6 Å². The van der Waals surface area contributed by atoms with E-state index in [4.69, 9.17) is 9.47 Å². The fourth-order valence-corrected chi connectivity index (χ4v) is 2.40. The van der Waals surface area contributed by atoms with Gasteiger partial charge in [0.05, 0.1) is 26.4 Å². The van der Waals surface area contributed by atoms with Crippen LogP contribution in [0.15, 0.2) is 0 Å². The molecule has 0 unspecified atom stereocenters. The van der Waals surface area contributed by atoms with Gasteiger partial charge >= 0.3 is 0 Å². The van der Waals surface area contributed by atoms with Gasteiger partial charge in [-0.15, -0.1) is 0 Å². The third kappa shape index (κ3) is 7.33. The normalized spacial score (nSPS) is 20.7. The van der Waals surface area contributed by atoms with Gasteiger partial charge < -0.3 is 20.1 Å². The lowest BCUT2D eigenvalue weighted by Crippen LogP contribution is -2.47. The van der Waals surface area contributed by atoms with Crippen LogP contribution in [0, 0.1) is 11.8 Å². The third-order valence-corrected chi connectivity index (χ3v) is 3.82. The van der Waals surface area contributed by atoms with Gasteiger partial charge in [-0.3, -0.25) is 9.59 Å². The second-order valence-electron chi connectivity index (χ2n) is 6.07. The molecule has 1 fully saturated rings. The van der Waals surface area contributed by atoms with Gasteiger partial charge in [0.15, 0.2) is 0 Å². The fourth-order valence-electron chi connectivity index (χ4n) is 2.40. The summed E-state index contributed by atoms with van der Waals surface area (Å²) in [7, 11) is 1.88. The molecule has 0 aromatic carbocycles. The maximum Gasteiger partial charge on any atom is 0.222 e. The van der Waals surface area contributed by atoms with E-state index >= 15 is 0 Å². The molecule has 1 amide bonds. The van der Waals surface area contributed by atoms with Crippen molar-refractivity contribution >= 4 is 11.7 Å². The van der Waals surface area contributed by atoms with Gasteiger partial charge in [0.1, 0.15) is 5.78 Å². The van der Waals surface area contributed by atoms with E-state index in [0.717, 1.165) is 19.4 Å². The van der Waals surface area contributed by atoms with Gasteiger partial charge in [-0.2, -0.15) is 0 Å². The number of nitrogens with one attached hydrogen (secondary N) is 2. The molecule has 0 saturated heterocycles. The molecular weight excluding hydrogens is 284 g/mol. The van der Waals surface area contributed by atoms with Crippen molar-refractivity contribution in [2.45, 2.75) is 39.2 Å². The Labute approximate surface area is 133 Å². The standard InChI is InChI=1S/C16H30N2O4/c1-12(2)16(20)13-10-14(11-13)18-15(19)4-6-21-8-9-22-7-5-17-3/h12-14,17H,4-11H2,1-3H3,(H,18,19). The lowest BCUT2D eigenvalue weighted by molar-refractivity contribution is -0.131. The highest BCUT2D eigenvalue weighted by atomic mass is 16.5. The quantitative estimate of drug-likeness (QED) is 0.520. The van der Waals surface area contributed by atoms with Crippen LogP contribution in [-0.2, 0) is 19.1 Å². The van der Waals surface area contributed by atoms with Crippen LogP contribution in [0.2, 0.25) is 0 Å². The first-order valence-electron chi connectivity index (χ1n) is 8.17. The highest BCUT2D eigenvalue weighted by Gasteiger charge is 2.35. The van der Waals surface area contributed by atoms with Gasteiger partial charge in [0.2, 0.25) is 5.91 Å². The molecular formula is C16H30N2O4. The summed E-state index contributed by atoms with van der Waals surface area (Å²) in [5.74, 6) is 0.533. The van der Waals surface area contributed by atoms with Crippen LogP contribution in [0.25, 0.3) is 0 Å². The van der Waals surface area contributed by atoms with Gasteiger partial charge in [-0.25, -0.2) is 0 Å². The minimum atomic E-state index is -0.00320. The molecule has 0 aromatic rings. The van der Waals surface area contributed by atoms with Gasteiger partial charge in [-0.1, -0.05) is 13.8 Å². The van der Waals surface area contributed by atoms with Gasteiger partial charge in [0.25, 0.3) is 0 Å². The van der Waals surface area contributed by atoms with Crippen molar-refractivity contribution in [3.63, 3.8) is 0 Å². The minimum Gasteiger partial charge on any atom is -0.379 e. The van der Waals surface area contributed by atoms with E-state index in [1.54, 1.807) is 0 Å². The van der Waals surface area contributed by atoms with Gasteiger partial charge in [-0.05, 0) is 19.9 Å². The number of ether oxygens (including phenoxy) is 2. The Morgan fingerprint density at radius 2 is 1.73 bits per heavy atom. The van der Waals surface area contributed by atoms with Crippen molar-refractivity contribution in [2.75, 3.05) is 40.0 Å². The van der Waals surface area contributed by atoms with Crippen LogP contribution < -0.4 is 10.6 Å². The monoisotopic (exact) mass is 314 g/mol.